The Morgan fingerprint density at radius 2 is 1.10 bits per heavy atom. The monoisotopic (exact) mass is 910 g/mol. The van der Waals surface area contributed by atoms with Crippen molar-refractivity contribution in [1.29, 1.82) is 0 Å². The van der Waals surface area contributed by atoms with Crippen LogP contribution in [0.15, 0.2) is 103 Å². The fraction of sp³-hybridized carbons (Fsp3) is 0.389. The molecule has 0 heterocycles. The molecule has 0 aliphatic heterocycles. The molecular weight excluding hydrogens is 849 g/mol. The number of hydrogen-bond acceptors (Lipinski definition) is 0. The van der Waals surface area contributed by atoms with Crippen molar-refractivity contribution in [3.05, 3.63) is 148 Å². The first-order chi connectivity index (χ1) is 26.2. The van der Waals surface area contributed by atoms with Gasteiger partial charge in [0, 0.05) is 0 Å². The van der Waals surface area contributed by atoms with E-state index in [0.29, 0.717) is 0 Å². The molecule has 4 aromatic rings. The Hall–Kier alpha value is -2.97. The van der Waals surface area contributed by atoms with Gasteiger partial charge >= 0.3 is 345 Å². The molecule has 312 valence electrons. The molecule has 1 unspecified atom stereocenters. The second-order valence-corrected chi connectivity index (χ2v) is 34.8. The number of halogens is 4. The van der Waals surface area contributed by atoms with E-state index in [9.17, 15) is 0 Å². The van der Waals surface area contributed by atoms with E-state index in [4.69, 9.17) is 4.21 Å². The summed E-state index contributed by atoms with van der Waals surface area (Å²) in [7, 11) is 0. The normalized spacial score (nSPS) is 19.2. The zero-order chi connectivity index (χ0) is 41.7. The molecule has 0 fully saturated rings. The number of fused-ring (bicyclic) bond motifs is 5. The molecule has 0 N–H and O–H groups in total. The molecule has 0 aromatic heterocycles. The number of allylic oxidation sites excluding steroid dienone is 8. The van der Waals surface area contributed by atoms with Crippen LogP contribution in [0.25, 0.3) is 22.3 Å². The molecule has 0 saturated carbocycles. The van der Waals surface area contributed by atoms with Crippen molar-refractivity contribution < 1.29 is 27.1 Å². The summed E-state index contributed by atoms with van der Waals surface area (Å²) in [6, 6.07) is 24.6. The summed E-state index contributed by atoms with van der Waals surface area (Å²) in [5.41, 5.74) is 14.2. The fourth-order valence-electron chi connectivity index (χ4n) is 11.6. The molecule has 4 aliphatic carbocycles. The Balaban J connectivity index is 0.00000293. The minimum atomic E-state index is -5.48. The predicted octanol–water partition coefficient (Wildman–Crippen LogP) is 14.4. The van der Waals surface area contributed by atoms with Crippen LogP contribution in [0.3, 0.4) is 0 Å². The van der Waals surface area contributed by atoms with Gasteiger partial charge in [0.2, 0.25) is 0 Å². The van der Waals surface area contributed by atoms with Gasteiger partial charge in [-0.1, -0.05) is 0 Å². The van der Waals surface area contributed by atoms with Gasteiger partial charge in [-0.05, 0) is 0 Å². The van der Waals surface area contributed by atoms with Gasteiger partial charge in [0.1, 0.15) is 0 Å². The number of rotatable bonds is 4. The maximum atomic E-state index is 15.1. The summed E-state index contributed by atoms with van der Waals surface area (Å²) in [5, 5.41) is 0. The van der Waals surface area contributed by atoms with Crippen LogP contribution in [0.5, 0.6) is 0 Å². The van der Waals surface area contributed by atoms with E-state index in [1.54, 1.807) is 24.3 Å². The van der Waals surface area contributed by atoms with E-state index >= 15 is 8.78 Å². The summed E-state index contributed by atoms with van der Waals surface area (Å²) in [6.07, 6.45) is 8.29. The molecule has 0 amide bonds. The summed E-state index contributed by atoms with van der Waals surface area (Å²) in [6.45, 7) is 32.7. The van der Waals surface area contributed by atoms with Crippen LogP contribution in [0, 0.1) is 33.8 Å². The summed E-state index contributed by atoms with van der Waals surface area (Å²) >= 11 is -5.48. The minimum absolute atomic E-state index is 0. The van der Waals surface area contributed by atoms with Crippen molar-refractivity contribution in [1.82, 2.24) is 0 Å². The molecule has 0 nitrogen and oxygen atoms in total. The Kier molecular flexibility index (Phi) is 10.8. The number of hydrogen-bond donors (Lipinski definition) is 0. The van der Waals surface area contributed by atoms with Crippen molar-refractivity contribution >= 4 is 46.7 Å². The average Bonchev–Trinajstić information content (AvgIpc) is 3.81. The first kappa shape index (κ1) is 45.6. The molecule has 1 atom stereocenters. The van der Waals surface area contributed by atoms with Gasteiger partial charge < -0.3 is 0 Å². The molecule has 0 saturated heterocycles. The van der Waals surface area contributed by atoms with E-state index in [1.807, 2.05) is 24.3 Å². The first-order valence-corrected chi connectivity index (χ1v) is 27.7. The van der Waals surface area contributed by atoms with E-state index < -0.39 is 23.7 Å². The van der Waals surface area contributed by atoms with Gasteiger partial charge in [-0.15, -0.1) is 24.8 Å². The SMILES string of the molecule is Cl.Cl.[CH2]=[Zr]([C]1=CC(C(C)(C)C)=CC1C)([C]1=C(C(C)(C)C)c2cc3c(cc2C1(C)C)Cc1cc2c(cc1-3)C(C(C)(C)C)=CC2(C)C)([c]1ccc(F)cc1)[c]1ccc(F)cc1. The van der Waals surface area contributed by atoms with E-state index in [2.05, 4.69) is 139 Å². The van der Waals surface area contributed by atoms with Crippen LogP contribution in [0.4, 0.5) is 8.78 Å². The van der Waals surface area contributed by atoms with Crippen LogP contribution in [-0.4, -0.2) is 4.21 Å². The third-order valence-corrected chi connectivity index (χ3v) is 31.6. The molecule has 4 aromatic carbocycles. The quantitative estimate of drug-likeness (QED) is 0.169. The molecule has 0 bridgehead atoms. The fourth-order valence-corrected chi connectivity index (χ4v) is 30.8. The Morgan fingerprint density at radius 3 is 1.54 bits per heavy atom. The van der Waals surface area contributed by atoms with Gasteiger partial charge in [0.05, 0.1) is 0 Å². The van der Waals surface area contributed by atoms with Crippen molar-refractivity contribution in [2.75, 3.05) is 0 Å². The van der Waals surface area contributed by atoms with Crippen molar-refractivity contribution in [2.24, 2.45) is 22.2 Å². The molecule has 59 heavy (non-hydrogen) atoms. The van der Waals surface area contributed by atoms with Crippen LogP contribution in [0.1, 0.15) is 130 Å². The van der Waals surface area contributed by atoms with Crippen LogP contribution >= 0.6 is 24.8 Å². The topological polar surface area (TPSA) is 0 Å². The van der Waals surface area contributed by atoms with Crippen LogP contribution < -0.4 is 6.54 Å². The maximum absolute atomic E-state index is 15.1. The standard InChI is InChI=1S/C31H37.C10H15.2C6H4F.CH2.2ClH.Zr/c1-28(2,3)26-16-30(7,8)24-12-18-11-19-13-25-23(15-21(19)20(18)14-22(24)26)27(29(4,5)6)17-31(25,9)10;1-8-5-6-9(7-8)10(2,3)4;2*7-6-4-2-1-3-5-6;;;;/h12-16H,11H2,1-10H3;6-8H,1-4H3;2*2-5H;1H2;2*1H;. The molecule has 5 heteroatoms. The van der Waals surface area contributed by atoms with Crippen LogP contribution in [0.2, 0.25) is 0 Å². The molecular formula is C54H64Cl2F2Zr. The van der Waals surface area contributed by atoms with Crippen molar-refractivity contribution in [3.63, 3.8) is 0 Å². The van der Waals surface area contributed by atoms with Gasteiger partial charge in [0.25, 0.3) is 0 Å². The Morgan fingerprint density at radius 1 is 0.627 bits per heavy atom. The molecule has 0 radical (unpaired) electrons. The average molecular weight is 913 g/mol. The zero-order valence-electron chi connectivity index (χ0n) is 37.7. The zero-order valence-corrected chi connectivity index (χ0v) is 41.8. The van der Waals surface area contributed by atoms with E-state index in [-0.39, 0.29) is 64.0 Å². The third kappa shape index (κ3) is 6.52. The summed E-state index contributed by atoms with van der Waals surface area (Å²) in [5.74, 6) is -0.451. The molecule has 8 rings (SSSR count). The van der Waals surface area contributed by atoms with Gasteiger partial charge in [-0.3, -0.25) is 0 Å². The first-order valence-electron chi connectivity index (χ1n) is 21.0. The van der Waals surface area contributed by atoms with Gasteiger partial charge in [0.15, 0.2) is 0 Å². The second-order valence-electron chi connectivity index (χ2n) is 22.2. The van der Waals surface area contributed by atoms with Crippen molar-refractivity contribution in [3.8, 4) is 11.1 Å². The van der Waals surface area contributed by atoms with Crippen LogP contribution in [-0.2, 0) is 35.5 Å². The summed E-state index contributed by atoms with van der Waals surface area (Å²) < 4.78 is 40.9. The summed E-state index contributed by atoms with van der Waals surface area (Å²) in [4.78, 5) is 0. The van der Waals surface area contributed by atoms with Gasteiger partial charge in [-0.2, -0.15) is 0 Å². The Labute approximate surface area is 366 Å². The molecule has 4 aliphatic rings. The van der Waals surface area contributed by atoms with Gasteiger partial charge in [-0.25, -0.2) is 0 Å². The molecule has 0 spiro atoms. The third-order valence-electron chi connectivity index (χ3n) is 14.3. The van der Waals surface area contributed by atoms with E-state index in [0.717, 1.165) is 13.0 Å². The number of benzene rings is 4. The van der Waals surface area contributed by atoms with Crippen molar-refractivity contribution in [2.45, 2.75) is 114 Å². The Bertz CT molecular complexity index is 2560. The second kappa shape index (κ2) is 14.0. The van der Waals surface area contributed by atoms with E-state index in [1.165, 1.54) is 67.8 Å². The predicted molar refractivity (Wildman–Crippen MR) is 253 cm³/mol.